The fraction of sp³-hybridized carbons (Fsp3) is 0.425. The second kappa shape index (κ2) is 15.4. The Bertz CT molecular complexity index is 2200. The summed E-state index contributed by atoms with van der Waals surface area (Å²) in [5.74, 6) is -4.47. The summed E-state index contributed by atoms with van der Waals surface area (Å²) in [4.78, 5) is 46.6. The van der Waals surface area contributed by atoms with Gasteiger partial charge in [0, 0.05) is 42.1 Å². The Balaban J connectivity index is 0.915. The van der Waals surface area contributed by atoms with E-state index in [4.69, 9.17) is 4.52 Å². The quantitative estimate of drug-likeness (QED) is 0.152. The molecule has 7 rings (SSSR count). The van der Waals surface area contributed by atoms with Gasteiger partial charge in [0.25, 0.3) is 17.7 Å². The second-order valence-corrected chi connectivity index (χ2v) is 15.5. The van der Waals surface area contributed by atoms with Crippen LogP contribution in [0.3, 0.4) is 0 Å². The molecule has 3 amide bonds. The predicted molar refractivity (Wildman–Crippen MR) is 196 cm³/mol. The number of piperidine rings is 2. The lowest BCUT2D eigenvalue weighted by atomic mass is 9.86. The van der Waals surface area contributed by atoms with Crippen molar-refractivity contribution < 1.29 is 32.1 Å². The minimum Gasteiger partial charge on any atom is -0.345 e. The molecule has 1 unspecified atom stereocenters. The zero-order valence-corrected chi connectivity index (χ0v) is 30.9. The average molecular weight is 757 g/mol. The van der Waals surface area contributed by atoms with E-state index in [0.717, 1.165) is 24.0 Å². The highest BCUT2D eigenvalue weighted by Crippen LogP contribution is 2.33. The van der Waals surface area contributed by atoms with Crippen LogP contribution >= 0.6 is 0 Å². The van der Waals surface area contributed by atoms with Crippen LogP contribution in [0.1, 0.15) is 103 Å². The molecule has 0 spiro atoms. The number of halogens is 3. The minimum absolute atomic E-state index is 0.104. The van der Waals surface area contributed by atoms with Crippen molar-refractivity contribution in [1.29, 1.82) is 0 Å². The number of carbonyl (C=O) groups is 3. The number of fused-ring (bicyclic) bond motifs is 1. The number of carbonyl (C=O) groups excluding carboxylic acids is 3. The maximum atomic E-state index is 15.3. The van der Waals surface area contributed by atoms with Gasteiger partial charge in [-0.2, -0.15) is 10.1 Å². The Labute approximate surface area is 315 Å². The maximum absolute atomic E-state index is 15.3. The molecule has 5 heterocycles. The van der Waals surface area contributed by atoms with Crippen molar-refractivity contribution in [2.24, 2.45) is 0 Å². The second-order valence-electron chi connectivity index (χ2n) is 15.5. The number of aromatic nitrogens is 5. The first-order chi connectivity index (χ1) is 26.2. The number of amides is 3. The van der Waals surface area contributed by atoms with Crippen LogP contribution in [0.4, 0.5) is 13.2 Å². The molecule has 12 nitrogen and oxygen atoms in total. The summed E-state index contributed by atoms with van der Waals surface area (Å²) in [5, 5.41) is 13.0. The number of rotatable bonds is 11. The number of likely N-dealkylation sites (tertiary alicyclic amines) is 1. The summed E-state index contributed by atoms with van der Waals surface area (Å²) in [6.45, 7) is 6.32. The van der Waals surface area contributed by atoms with Gasteiger partial charge in [0.15, 0.2) is 0 Å². The number of hydrogen-bond acceptors (Lipinski definition) is 9. The third kappa shape index (κ3) is 8.77. The fourth-order valence-corrected chi connectivity index (χ4v) is 7.23. The molecule has 2 aliphatic rings. The fourth-order valence-electron chi connectivity index (χ4n) is 7.23. The molecule has 288 valence electrons. The lowest BCUT2D eigenvalue weighted by molar-refractivity contribution is -0.134. The largest absolute Gasteiger partial charge is 0.345 e. The summed E-state index contributed by atoms with van der Waals surface area (Å²) in [6.07, 6.45) is 5.15. The third-order valence-electron chi connectivity index (χ3n) is 10.4. The van der Waals surface area contributed by atoms with Crippen molar-refractivity contribution in [1.82, 2.24) is 40.3 Å². The normalized spacial score (nSPS) is 17.5. The van der Waals surface area contributed by atoms with Crippen molar-refractivity contribution in [3.63, 3.8) is 0 Å². The highest BCUT2D eigenvalue weighted by atomic mass is 19.3. The zero-order chi connectivity index (χ0) is 38.9. The molecule has 15 heteroatoms. The molecule has 2 aromatic carbocycles. The lowest BCUT2D eigenvalue weighted by Gasteiger charge is -2.34. The predicted octanol–water partition coefficient (Wildman–Crippen LogP) is 6.11. The summed E-state index contributed by atoms with van der Waals surface area (Å²) >= 11 is 0. The number of nitrogens with zero attached hydrogens (tertiary/aromatic N) is 6. The van der Waals surface area contributed by atoms with E-state index in [1.54, 1.807) is 28.9 Å². The van der Waals surface area contributed by atoms with Crippen LogP contribution in [0.5, 0.6) is 0 Å². The van der Waals surface area contributed by atoms with E-state index in [2.05, 4.69) is 30.9 Å². The number of nitrogens with one attached hydrogen (secondary N) is 2. The van der Waals surface area contributed by atoms with E-state index in [-0.39, 0.29) is 61.0 Å². The smallest absolute Gasteiger partial charge is 0.292 e. The molecular formula is C40H43F3N8O4. The molecule has 1 atom stereocenters. The topological polar surface area (TPSA) is 148 Å². The molecule has 2 aliphatic heterocycles. The van der Waals surface area contributed by atoms with E-state index in [9.17, 15) is 14.4 Å². The standard InChI is InChI=1S/C40H43F3N8O4/c1-39(2,3)38-48-35(49-55-38)37(54)44-20-29-9-8-28(19-31(29)41)34-32-18-24(21-51(32)46-23-45-34)12-15-40(42,43)22-50-16-13-26(14-17-50)25-4-6-27(7-5-25)30-10-11-33(52)47-36(30)53/h4-9,18-19,21,23,26,30H,10-17,20,22H2,1-3H3,(H,44,54)(H,47,52,53). The molecule has 0 radical (unpaired) electrons. The molecule has 0 saturated carbocycles. The van der Waals surface area contributed by atoms with E-state index in [0.29, 0.717) is 54.2 Å². The average Bonchev–Trinajstić information content (AvgIpc) is 3.82. The molecule has 2 N–H and O–H groups in total. The molecular weight excluding hydrogens is 713 g/mol. The minimum atomic E-state index is -2.91. The van der Waals surface area contributed by atoms with Crippen LogP contribution in [0.15, 0.2) is 65.6 Å². The molecule has 2 saturated heterocycles. The van der Waals surface area contributed by atoms with Crippen LogP contribution in [0, 0.1) is 5.82 Å². The molecule has 3 aromatic heterocycles. The summed E-state index contributed by atoms with van der Waals surface area (Å²) in [7, 11) is 0. The summed E-state index contributed by atoms with van der Waals surface area (Å²) in [5.41, 5.74) is 3.96. The van der Waals surface area contributed by atoms with Crippen LogP contribution in [-0.2, 0) is 28.0 Å². The van der Waals surface area contributed by atoms with Crippen molar-refractivity contribution in [3.05, 3.63) is 101 Å². The zero-order valence-electron chi connectivity index (χ0n) is 30.9. The number of aryl methyl sites for hydroxylation is 1. The SMILES string of the molecule is CC(C)(C)c1nc(C(=O)NCc2ccc(-c3ncnn4cc(CCC(F)(F)CN5CCC(c6ccc(C7CCC(=O)NC7=O)cc6)CC5)cc34)cc2F)no1. The Morgan fingerprint density at radius 2 is 1.76 bits per heavy atom. The highest BCUT2D eigenvalue weighted by molar-refractivity contribution is 6.00. The van der Waals surface area contributed by atoms with Crippen LogP contribution in [-0.4, -0.2) is 72.9 Å². The highest BCUT2D eigenvalue weighted by Gasteiger charge is 2.34. The van der Waals surface area contributed by atoms with Crippen molar-refractivity contribution in [2.75, 3.05) is 19.6 Å². The van der Waals surface area contributed by atoms with E-state index in [1.807, 2.05) is 49.9 Å². The van der Waals surface area contributed by atoms with Crippen LogP contribution < -0.4 is 10.6 Å². The third-order valence-corrected chi connectivity index (χ3v) is 10.4. The molecule has 2 fully saturated rings. The lowest BCUT2D eigenvalue weighted by Crippen LogP contribution is -2.41. The first-order valence-electron chi connectivity index (χ1n) is 18.5. The first-order valence-corrected chi connectivity index (χ1v) is 18.5. The van der Waals surface area contributed by atoms with Crippen molar-refractivity contribution >= 4 is 23.2 Å². The van der Waals surface area contributed by atoms with Gasteiger partial charge in [-0.25, -0.2) is 22.7 Å². The molecule has 0 aliphatic carbocycles. The van der Waals surface area contributed by atoms with Gasteiger partial charge in [-0.3, -0.25) is 24.6 Å². The molecule has 0 bridgehead atoms. The Morgan fingerprint density at radius 3 is 2.45 bits per heavy atom. The summed E-state index contributed by atoms with van der Waals surface area (Å²) in [6, 6.07) is 14.2. The molecule has 5 aromatic rings. The number of benzene rings is 2. The van der Waals surface area contributed by atoms with Crippen molar-refractivity contribution in [3.8, 4) is 11.3 Å². The van der Waals surface area contributed by atoms with Gasteiger partial charge in [0.2, 0.25) is 17.7 Å². The Kier molecular flexibility index (Phi) is 10.6. The van der Waals surface area contributed by atoms with E-state index in [1.165, 1.54) is 12.4 Å². The van der Waals surface area contributed by atoms with Gasteiger partial charge >= 0.3 is 0 Å². The number of imide groups is 1. The van der Waals surface area contributed by atoms with Gasteiger partial charge in [-0.15, -0.1) is 0 Å². The van der Waals surface area contributed by atoms with Gasteiger partial charge in [0.1, 0.15) is 12.1 Å². The Hall–Kier alpha value is -5.44. The van der Waals surface area contributed by atoms with E-state index < -0.39 is 23.1 Å². The van der Waals surface area contributed by atoms with Crippen LogP contribution in [0.2, 0.25) is 0 Å². The Morgan fingerprint density at radius 1 is 1.02 bits per heavy atom. The monoisotopic (exact) mass is 756 g/mol. The first kappa shape index (κ1) is 37.9. The summed E-state index contributed by atoms with van der Waals surface area (Å²) < 4.78 is 52.6. The molecule has 55 heavy (non-hydrogen) atoms. The maximum Gasteiger partial charge on any atom is 0.292 e. The number of alkyl halides is 2. The van der Waals surface area contributed by atoms with Crippen molar-refractivity contribution in [2.45, 2.75) is 89.0 Å². The van der Waals surface area contributed by atoms with Gasteiger partial charge in [-0.1, -0.05) is 62.3 Å². The number of hydrogen-bond donors (Lipinski definition) is 2. The van der Waals surface area contributed by atoms with Gasteiger partial charge in [0.05, 0.1) is 23.7 Å². The van der Waals surface area contributed by atoms with Gasteiger partial charge < -0.3 is 9.84 Å². The van der Waals surface area contributed by atoms with Crippen LogP contribution in [0.25, 0.3) is 16.8 Å². The van der Waals surface area contributed by atoms with E-state index >= 15 is 13.2 Å². The van der Waals surface area contributed by atoms with Gasteiger partial charge in [-0.05, 0) is 73.5 Å².